The molecule has 0 spiro atoms. The highest BCUT2D eigenvalue weighted by Gasteiger charge is 2.17. The second-order valence-corrected chi connectivity index (χ2v) is 7.55. The maximum atomic E-state index is 12.5. The van der Waals surface area contributed by atoms with E-state index in [0.29, 0.717) is 22.3 Å². The lowest BCUT2D eigenvalue weighted by molar-refractivity contribution is 0.101. The Labute approximate surface area is 170 Å². The van der Waals surface area contributed by atoms with Crippen LogP contribution in [0.1, 0.15) is 26.6 Å². The van der Waals surface area contributed by atoms with E-state index in [1.165, 1.54) is 11.3 Å². The molecule has 28 heavy (non-hydrogen) atoms. The molecule has 8 heteroatoms. The molecular weight excluding hydrogens is 396 g/mol. The smallest absolute Gasteiger partial charge is 0.279 e. The van der Waals surface area contributed by atoms with Crippen molar-refractivity contribution in [2.24, 2.45) is 0 Å². The summed E-state index contributed by atoms with van der Waals surface area (Å²) in [7, 11) is 0. The van der Waals surface area contributed by atoms with Crippen LogP contribution in [-0.2, 0) is 6.42 Å². The van der Waals surface area contributed by atoms with Gasteiger partial charge in [-0.15, -0.1) is 11.3 Å². The van der Waals surface area contributed by atoms with Gasteiger partial charge >= 0.3 is 0 Å². The average molecular weight is 411 g/mol. The van der Waals surface area contributed by atoms with Gasteiger partial charge in [-0.3, -0.25) is 15.1 Å². The molecule has 0 aliphatic carbocycles. The number of nitrogens with one attached hydrogen (secondary N) is 1. The molecule has 0 fully saturated rings. The number of rotatable bonds is 5. The van der Waals surface area contributed by atoms with Crippen LogP contribution in [0.15, 0.2) is 59.4 Å². The van der Waals surface area contributed by atoms with E-state index in [9.17, 15) is 4.79 Å². The molecular formula is C20H15ClN4O2S. The van der Waals surface area contributed by atoms with Gasteiger partial charge in [-0.25, -0.2) is 4.98 Å². The van der Waals surface area contributed by atoms with Crippen LogP contribution in [0.3, 0.4) is 0 Å². The molecule has 4 aromatic rings. The number of carbonyl (C=O) groups excluding carboxylic acids is 1. The summed E-state index contributed by atoms with van der Waals surface area (Å²) in [6.45, 7) is 1.91. The summed E-state index contributed by atoms with van der Waals surface area (Å²) in [5.74, 6) is 0.129. The fraction of sp³-hybridized carbons (Fsp3) is 0.100. The first kappa shape index (κ1) is 18.3. The number of aromatic nitrogens is 3. The number of carbonyl (C=O) groups is 1. The van der Waals surface area contributed by atoms with Crippen molar-refractivity contribution in [3.8, 4) is 11.3 Å². The van der Waals surface area contributed by atoms with E-state index in [-0.39, 0.29) is 11.6 Å². The molecule has 3 aromatic heterocycles. The predicted octanol–water partition coefficient (Wildman–Crippen LogP) is 5.00. The molecule has 0 bridgehead atoms. The summed E-state index contributed by atoms with van der Waals surface area (Å²) in [4.78, 5) is 21.9. The summed E-state index contributed by atoms with van der Waals surface area (Å²) in [6.07, 6.45) is 3.96. The van der Waals surface area contributed by atoms with Gasteiger partial charge in [0.05, 0.1) is 5.69 Å². The maximum Gasteiger partial charge on any atom is 0.279 e. The van der Waals surface area contributed by atoms with Crippen LogP contribution in [0.2, 0.25) is 5.02 Å². The van der Waals surface area contributed by atoms with E-state index < -0.39 is 0 Å². The van der Waals surface area contributed by atoms with Gasteiger partial charge in [-0.05, 0) is 30.7 Å². The summed E-state index contributed by atoms with van der Waals surface area (Å²) in [5.41, 5.74) is 2.87. The minimum absolute atomic E-state index is 0.187. The molecule has 0 radical (unpaired) electrons. The lowest BCUT2D eigenvalue weighted by atomic mass is 10.1. The van der Waals surface area contributed by atoms with Gasteiger partial charge in [-0.2, -0.15) is 0 Å². The van der Waals surface area contributed by atoms with Crippen molar-refractivity contribution in [1.29, 1.82) is 0 Å². The van der Waals surface area contributed by atoms with E-state index in [1.807, 2.05) is 31.2 Å². The Hall–Kier alpha value is -3.03. The standard InChI is InChI=1S/C20H15ClN4O2S/c1-12-18(10-14-4-2-3-5-15(14)21)28-20(23-12)24-19(26)16-11-17(27-25-16)13-6-8-22-9-7-13/h2-9,11H,10H2,1H3,(H,23,24,26). The van der Waals surface area contributed by atoms with Gasteiger partial charge in [0.1, 0.15) is 0 Å². The molecule has 0 aliphatic rings. The zero-order valence-electron chi connectivity index (χ0n) is 14.8. The summed E-state index contributed by atoms with van der Waals surface area (Å²) >= 11 is 7.66. The number of aryl methyl sites for hydroxylation is 1. The van der Waals surface area contributed by atoms with Crippen molar-refractivity contribution >= 4 is 34.0 Å². The minimum atomic E-state index is -0.373. The summed E-state index contributed by atoms with van der Waals surface area (Å²) in [5, 5.41) is 7.86. The minimum Gasteiger partial charge on any atom is -0.355 e. The van der Waals surface area contributed by atoms with Gasteiger partial charge in [0, 0.05) is 40.3 Å². The molecule has 6 nitrogen and oxygen atoms in total. The van der Waals surface area contributed by atoms with E-state index in [1.54, 1.807) is 30.6 Å². The Morgan fingerprint density at radius 3 is 2.79 bits per heavy atom. The normalized spacial score (nSPS) is 10.8. The lowest BCUT2D eigenvalue weighted by Crippen LogP contribution is -2.11. The molecule has 1 aromatic carbocycles. The van der Waals surface area contributed by atoms with E-state index >= 15 is 0 Å². The predicted molar refractivity (Wildman–Crippen MR) is 109 cm³/mol. The topological polar surface area (TPSA) is 80.9 Å². The van der Waals surface area contributed by atoms with E-state index in [0.717, 1.165) is 21.7 Å². The maximum absolute atomic E-state index is 12.5. The molecule has 0 saturated heterocycles. The molecule has 1 amide bonds. The zero-order chi connectivity index (χ0) is 19.5. The van der Waals surface area contributed by atoms with Crippen LogP contribution >= 0.6 is 22.9 Å². The Balaban J connectivity index is 1.48. The SMILES string of the molecule is Cc1nc(NC(=O)c2cc(-c3ccncc3)on2)sc1Cc1ccccc1Cl. The van der Waals surface area contributed by atoms with Crippen LogP contribution in [0.25, 0.3) is 11.3 Å². The van der Waals surface area contributed by atoms with Crippen LogP contribution in [0.5, 0.6) is 0 Å². The van der Waals surface area contributed by atoms with Gasteiger partial charge in [0.2, 0.25) is 0 Å². The molecule has 0 atom stereocenters. The summed E-state index contributed by atoms with van der Waals surface area (Å²) < 4.78 is 5.26. The second kappa shape index (κ2) is 7.92. The van der Waals surface area contributed by atoms with Crippen molar-refractivity contribution in [1.82, 2.24) is 15.1 Å². The number of pyridine rings is 1. The zero-order valence-corrected chi connectivity index (χ0v) is 16.4. The third-order valence-electron chi connectivity index (χ3n) is 4.13. The lowest BCUT2D eigenvalue weighted by Gasteiger charge is -2.02. The molecule has 0 aliphatic heterocycles. The largest absolute Gasteiger partial charge is 0.355 e. The first-order valence-electron chi connectivity index (χ1n) is 8.48. The van der Waals surface area contributed by atoms with Crippen molar-refractivity contribution in [2.75, 3.05) is 5.32 Å². The number of amides is 1. The fourth-order valence-corrected chi connectivity index (χ4v) is 3.84. The highest BCUT2D eigenvalue weighted by atomic mass is 35.5. The second-order valence-electron chi connectivity index (χ2n) is 6.06. The van der Waals surface area contributed by atoms with Gasteiger partial charge in [-0.1, -0.05) is 35.0 Å². The molecule has 0 saturated carbocycles. The van der Waals surface area contributed by atoms with Crippen LogP contribution in [0, 0.1) is 6.92 Å². The Morgan fingerprint density at radius 2 is 2.00 bits per heavy atom. The third-order valence-corrected chi connectivity index (χ3v) is 5.57. The van der Waals surface area contributed by atoms with Crippen LogP contribution in [-0.4, -0.2) is 21.0 Å². The van der Waals surface area contributed by atoms with Crippen molar-refractivity contribution in [3.05, 3.63) is 81.7 Å². The number of benzene rings is 1. The van der Waals surface area contributed by atoms with Crippen molar-refractivity contribution < 1.29 is 9.32 Å². The average Bonchev–Trinajstić information content (AvgIpc) is 3.32. The number of halogens is 1. The molecule has 140 valence electrons. The molecule has 1 N–H and O–H groups in total. The number of hydrogen-bond donors (Lipinski definition) is 1. The first-order chi connectivity index (χ1) is 13.6. The number of nitrogens with zero attached hydrogens (tertiary/aromatic N) is 3. The van der Waals surface area contributed by atoms with Crippen LogP contribution in [0.4, 0.5) is 5.13 Å². The summed E-state index contributed by atoms with van der Waals surface area (Å²) in [6, 6.07) is 12.9. The Bertz CT molecular complexity index is 1120. The number of thiazole rings is 1. The highest BCUT2D eigenvalue weighted by Crippen LogP contribution is 2.28. The van der Waals surface area contributed by atoms with Gasteiger partial charge < -0.3 is 4.52 Å². The molecule has 0 unspecified atom stereocenters. The number of anilines is 1. The third kappa shape index (κ3) is 3.95. The fourth-order valence-electron chi connectivity index (χ4n) is 2.66. The van der Waals surface area contributed by atoms with Crippen molar-refractivity contribution in [2.45, 2.75) is 13.3 Å². The Kier molecular flexibility index (Phi) is 5.18. The van der Waals surface area contributed by atoms with Crippen molar-refractivity contribution in [3.63, 3.8) is 0 Å². The quantitative estimate of drug-likeness (QED) is 0.500. The Morgan fingerprint density at radius 1 is 1.21 bits per heavy atom. The molecule has 3 heterocycles. The van der Waals surface area contributed by atoms with Gasteiger partial charge in [0.25, 0.3) is 5.91 Å². The van der Waals surface area contributed by atoms with Gasteiger partial charge in [0.15, 0.2) is 16.6 Å². The highest BCUT2D eigenvalue weighted by molar-refractivity contribution is 7.15. The first-order valence-corrected chi connectivity index (χ1v) is 9.68. The number of hydrogen-bond acceptors (Lipinski definition) is 6. The van der Waals surface area contributed by atoms with Crippen LogP contribution < -0.4 is 5.32 Å². The monoisotopic (exact) mass is 410 g/mol. The van der Waals surface area contributed by atoms with E-state index in [2.05, 4.69) is 20.4 Å². The van der Waals surface area contributed by atoms with E-state index in [4.69, 9.17) is 16.1 Å². The molecule has 4 rings (SSSR count).